The van der Waals surface area contributed by atoms with Crippen LogP contribution < -0.4 is 0 Å². The Kier molecular flexibility index (Phi) is 6.04. The van der Waals surface area contributed by atoms with Gasteiger partial charge >= 0.3 is 5.97 Å². The molecule has 3 rings (SSSR count). The van der Waals surface area contributed by atoms with E-state index in [0.29, 0.717) is 18.1 Å². The molecule has 0 aromatic rings. The van der Waals surface area contributed by atoms with Gasteiger partial charge in [0, 0.05) is 30.8 Å². The maximum absolute atomic E-state index is 14.1. The molecule has 2 bridgehead atoms. The van der Waals surface area contributed by atoms with Gasteiger partial charge in [-0.1, -0.05) is 64.1 Å². The van der Waals surface area contributed by atoms with Crippen LogP contribution in [0.3, 0.4) is 0 Å². The Morgan fingerprint density at radius 1 is 1.14 bits per heavy atom. The minimum atomic E-state index is -0.506. The van der Waals surface area contributed by atoms with E-state index in [1.54, 1.807) is 7.11 Å². The van der Waals surface area contributed by atoms with Crippen molar-refractivity contribution in [2.45, 2.75) is 96.2 Å². The van der Waals surface area contributed by atoms with E-state index >= 15 is 0 Å². The zero-order valence-electron chi connectivity index (χ0n) is 19.4. The molecule has 29 heavy (non-hydrogen) atoms. The first-order valence-electron chi connectivity index (χ1n) is 11.3. The van der Waals surface area contributed by atoms with Crippen molar-refractivity contribution >= 4 is 34.3 Å². The molecule has 3 fully saturated rings. The molecule has 8 atom stereocenters. The standard InChI is InChI=1S/C24H39IO4/c1-14(2)21(6)13-19(29-17(5)26)22(7)15(3)9-11-23(16(4)20(21)27)12-10-18(28-8)24(22,23)25/h14-16,18-19H,9-13H2,1-8H3/t15-,16+,18-,19-,21+,22+,23+,24+/m1/s1. The maximum Gasteiger partial charge on any atom is 0.302 e. The number of rotatable bonds is 3. The Balaban J connectivity index is 2.32. The van der Waals surface area contributed by atoms with Gasteiger partial charge < -0.3 is 9.47 Å². The van der Waals surface area contributed by atoms with Crippen LogP contribution in [0.25, 0.3) is 0 Å². The molecular weight excluding hydrogens is 479 g/mol. The monoisotopic (exact) mass is 518 g/mol. The SMILES string of the molecule is CO[C@@H]1CC[C@@]23CC[C@@H](C)[C@@](C)([C@H](OC(C)=O)C[C@@](C)(C(C)C)C(=O)[C@@H]2C)[C@@]13I. The average Bonchev–Trinajstić information content (AvgIpc) is 2.96. The van der Waals surface area contributed by atoms with Crippen LogP contribution in [0.5, 0.6) is 0 Å². The molecule has 0 aromatic carbocycles. The lowest BCUT2D eigenvalue weighted by Crippen LogP contribution is -2.71. The van der Waals surface area contributed by atoms with Gasteiger partial charge in [0.2, 0.25) is 0 Å². The third-order valence-electron chi connectivity index (χ3n) is 9.78. The Labute approximate surface area is 190 Å². The Hall–Kier alpha value is -0.170. The molecule has 3 aliphatic rings. The molecule has 4 nitrogen and oxygen atoms in total. The fourth-order valence-electron chi connectivity index (χ4n) is 7.32. The molecule has 0 amide bonds. The summed E-state index contributed by atoms with van der Waals surface area (Å²) in [5, 5.41) is 0. The Morgan fingerprint density at radius 3 is 2.24 bits per heavy atom. The second-order valence-corrected chi connectivity index (χ2v) is 12.5. The molecular formula is C24H39IO4. The van der Waals surface area contributed by atoms with Crippen LogP contribution in [0, 0.1) is 34.0 Å². The number of methoxy groups -OCH3 is 1. The highest BCUT2D eigenvalue weighted by molar-refractivity contribution is 14.1. The van der Waals surface area contributed by atoms with Crippen LogP contribution in [-0.4, -0.2) is 34.5 Å². The Morgan fingerprint density at radius 2 is 1.72 bits per heavy atom. The topological polar surface area (TPSA) is 52.6 Å². The van der Waals surface area contributed by atoms with Gasteiger partial charge in [-0.25, -0.2) is 0 Å². The second kappa shape index (κ2) is 7.46. The molecule has 0 saturated heterocycles. The Bertz CT molecular complexity index is 692. The van der Waals surface area contributed by atoms with Crippen molar-refractivity contribution < 1.29 is 19.1 Å². The molecule has 0 radical (unpaired) electrons. The summed E-state index contributed by atoms with van der Waals surface area (Å²) in [7, 11) is 1.80. The van der Waals surface area contributed by atoms with Crippen LogP contribution in [0.15, 0.2) is 0 Å². The van der Waals surface area contributed by atoms with E-state index in [1.807, 2.05) is 0 Å². The molecule has 166 valence electrons. The summed E-state index contributed by atoms with van der Waals surface area (Å²) in [6.07, 6.45) is 4.42. The summed E-state index contributed by atoms with van der Waals surface area (Å²) < 4.78 is 12.0. The largest absolute Gasteiger partial charge is 0.462 e. The third-order valence-corrected chi connectivity index (χ3v) is 12.7. The lowest BCUT2D eigenvalue weighted by molar-refractivity contribution is -0.193. The van der Waals surface area contributed by atoms with Crippen molar-refractivity contribution in [3.8, 4) is 0 Å². The highest BCUT2D eigenvalue weighted by Crippen LogP contribution is 2.74. The zero-order valence-corrected chi connectivity index (χ0v) is 21.6. The number of ether oxygens (including phenoxy) is 2. The van der Waals surface area contributed by atoms with Gasteiger partial charge in [-0.3, -0.25) is 9.59 Å². The highest BCUT2D eigenvalue weighted by atomic mass is 127. The minimum absolute atomic E-state index is 0.0305. The van der Waals surface area contributed by atoms with Crippen LogP contribution in [0.2, 0.25) is 0 Å². The lowest BCUT2D eigenvalue weighted by Gasteiger charge is -2.66. The van der Waals surface area contributed by atoms with Gasteiger partial charge in [0.15, 0.2) is 0 Å². The summed E-state index contributed by atoms with van der Waals surface area (Å²) in [5.74, 6) is 0.632. The number of halogens is 1. The molecule has 3 aliphatic carbocycles. The molecule has 0 unspecified atom stereocenters. The van der Waals surface area contributed by atoms with Crippen molar-refractivity contribution in [1.29, 1.82) is 0 Å². The molecule has 0 N–H and O–H groups in total. The number of hydrogen-bond acceptors (Lipinski definition) is 4. The number of ketones is 1. The number of hydrogen-bond donors (Lipinski definition) is 0. The van der Waals surface area contributed by atoms with Crippen molar-refractivity contribution in [3.05, 3.63) is 0 Å². The predicted octanol–water partition coefficient (Wildman–Crippen LogP) is 5.59. The van der Waals surface area contributed by atoms with E-state index in [9.17, 15) is 9.59 Å². The first kappa shape index (κ1) is 23.5. The molecule has 0 heterocycles. The fraction of sp³-hybridized carbons (Fsp3) is 0.917. The van der Waals surface area contributed by atoms with Crippen LogP contribution >= 0.6 is 22.6 Å². The summed E-state index contributed by atoms with van der Waals surface area (Å²) >= 11 is 2.66. The van der Waals surface area contributed by atoms with Gasteiger partial charge in [0.25, 0.3) is 0 Å². The van der Waals surface area contributed by atoms with Crippen molar-refractivity contribution in [1.82, 2.24) is 0 Å². The molecule has 3 saturated carbocycles. The minimum Gasteiger partial charge on any atom is -0.462 e. The molecule has 0 spiro atoms. The van der Waals surface area contributed by atoms with Gasteiger partial charge in [0.1, 0.15) is 11.9 Å². The summed E-state index contributed by atoms with van der Waals surface area (Å²) in [5.41, 5.74) is -0.894. The van der Waals surface area contributed by atoms with Gasteiger partial charge in [-0.2, -0.15) is 0 Å². The van der Waals surface area contributed by atoms with E-state index in [2.05, 4.69) is 64.1 Å². The summed E-state index contributed by atoms with van der Waals surface area (Å²) in [6.45, 7) is 14.7. The normalized spacial score (nSPS) is 50.1. The molecule has 0 aliphatic heterocycles. The number of alkyl halides is 1. The van der Waals surface area contributed by atoms with E-state index in [0.717, 1.165) is 25.7 Å². The number of carbonyl (C=O) groups is 2. The van der Waals surface area contributed by atoms with Crippen molar-refractivity contribution in [3.63, 3.8) is 0 Å². The number of carbonyl (C=O) groups excluding carboxylic acids is 2. The highest BCUT2D eigenvalue weighted by Gasteiger charge is 2.76. The van der Waals surface area contributed by atoms with Crippen molar-refractivity contribution in [2.24, 2.45) is 34.0 Å². The van der Waals surface area contributed by atoms with E-state index in [4.69, 9.17) is 9.47 Å². The van der Waals surface area contributed by atoms with Crippen molar-refractivity contribution in [2.75, 3.05) is 7.11 Å². The van der Waals surface area contributed by atoms with Gasteiger partial charge in [0.05, 0.1) is 9.53 Å². The number of esters is 1. The summed E-state index contributed by atoms with van der Waals surface area (Å²) in [6, 6.07) is 0. The molecule has 5 heteroatoms. The van der Waals surface area contributed by atoms with E-state index in [1.165, 1.54) is 6.92 Å². The first-order chi connectivity index (χ1) is 13.3. The number of Topliss-reactive ketones (excluding diaryl/α,β-unsaturated/α-hetero) is 1. The van der Waals surface area contributed by atoms with Crippen LogP contribution in [0.4, 0.5) is 0 Å². The van der Waals surface area contributed by atoms with Crippen LogP contribution in [-0.2, 0) is 19.1 Å². The first-order valence-corrected chi connectivity index (χ1v) is 12.3. The zero-order chi connectivity index (χ0) is 22.0. The average molecular weight is 518 g/mol. The van der Waals surface area contributed by atoms with E-state index in [-0.39, 0.29) is 44.3 Å². The quantitative estimate of drug-likeness (QED) is 0.278. The maximum atomic E-state index is 14.1. The predicted molar refractivity (Wildman–Crippen MR) is 123 cm³/mol. The van der Waals surface area contributed by atoms with Gasteiger partial charge in [-0.05, 0) is 49.4 Å². The second-order valence-electron chi connectivity index (χ2n) is 10.8. The smallest absolute Gasteiger partial charge is 0.302 e. The fourth-order valence-corrected chi connectivity index (χ4v) is 9.77. The lowest BCUT2D eigenvalue weighted by atomic mass is 9.43. The van der Waals surface area contributed by atoms with Gasteiger partial charge in [-0.15, -0.1) is 0 Å². The third kappa shape index (κ3) is 2.84. The van der Waals surface area contributed by atoms with E-state index < -0.39 is 5.41 Å². The molecule has 0 aromatic heterocycles. The summed E-state index contributed by atoms with van der Waals surface area (Å²) in [4.78, 5) is 26.3. The van der Waals surface area contributed by atoms with Crippen LogP contribution in [0.1, 0.15) is 80.6 Å².